The van der Waals surface area contributed by atoms with Crippen LogP contribution in [0, 0.1) is 0 Å². The fourth-order valence-corrected chi connectivity index (χ4v) is 11.1. The highest BCUT2D eigenvalue weighted by Crippen LogP contribution is 2.39. The molecule has 0 spiro atoms. The van der Waals surface area contributed by atoms with Gasteiger partial charge in [-0.05, 0) is 45.3 Å². The summed E-state index contributed by atoms with van der Waals surface area (Å²) < 4.78 is 61.9. The minimum absolute atomic E-state index is 0.0133. The summed E-state index contributed by atoms with van der Waals surface area (Å²) in [7, 11) is 0. The molecule has 1 N–H and O–H groups in total. The van der Waals surface area contributed by atoms with Gasteiger partial charge in [-0.2, -0.15) is 0 Å². The van der Waals surface area contributed by atoms with Gasteiger partial charge in [-0.3, -0.25) is 4.79 Å². The Morgan fingerprint density at radius 1 is 0.452 bits per heavy atom. The second-order valence-corrected chi connectivity index (χ2v) is 22.1. The molecule has 1 heterocycles. The fourth-order valence-electron chi connectivity index (χ4n) is 11.1. The predicted octanol–water partition coefficient (Wildman–Crippen LogP) is 14.7. The highest BCUT2D eigenvalue weighted by atomic mass is 16.7. The van der Waals surface area contributed by atoms with Crippen molar-refractivity contribution < 1.29 is 52.5 Å². The number of benzene rings is 6. The van der Waals surface area contributed by atoms with Crippen molar-refractivity contribution in [2.24, 2.45) is 5.11 Å². The normalized spacial score (nSPS) is 23.1. The molecule has 8 rings (SSSR count). The fraction of sp³-hybridized carbons (Fsp3) is 0.471. The number of hydrogen-bond donors (Lipinski definition) is 1. The number of hydrogen-bond acceptors (Lipinski definition) is 12. The Morgan fingerprint density at radius 2 is 0.810 bits per heavy atom. The van der Waals surface area contributed by atoms with E-state index in [1.54, 1.807) is 0 Å². The van der Waals surface area contributed by atoms with E-state index < -0.39 is 73.2 Å². The van der Waals surface area contributed by atoms with Crippen molar-refractivity contribution in [1.82, 2.24) is 0 Å². The van der Waals surface area contributed by atoms with Crippen molar-refractivity contribution in [3.8, 4) is 0 Å². The van der Waals surface area contributed by atoms with E-state index in [9.17, 15) is 15.4 Å². The number of azide groups is 1. The van der Waals surface area contributed by atoms with Crippen LogP contribution in [0.1, 0.15) is 130 Å². The van der Waals surface area contributed by atoms with Crippen LogP contribution in [0.5, 0.6) is 0 Å². The Hall–Kier alpha value is -6.26. The number of unbranched alkanes of at least 4 members (excludes halogenated alkanes) is 12. The minimum Gasteiger partial charge on any atom is -0.457 e. The quantitative estimate of drug-likeness (QED) is 0.0129. The lowest BCUT2D eigenvalue weighted by molar-refractivity contribution is -0.336. The molecule has 2 fully saturated rings. The molecule has 84 heavy (non-hydrogen) atoms. The molecule has 6 aromatic rings. The molecule has 14 heteroatoms. The van der Waals surface area contributed by atoms with E-state index in [1.807, 2.05) is 182 Å². The van der Waals surface area contributed by atoms with Crippen LogP contribution in [0.25, 0.3) is 10.4 Å². The molecule has 0 radical (unpaired) electrons. The number of carbonyl (C=O) groups is 1. The van der Waals surface area contributed by atoms with Gasteiger partial charge in [0.1, 0.15) is 54.9 Å². The van der Waals surface area contributed by atoms with Gasteiger partial charge >= 0.3 is 5.97 Å². The largest absolute Gasteiger partial charge is 0.457 e. The van der Waals surface area contributed by atoms with Gasteiger partial charge in [0.2, 0.25) is 0 Å². The van der Waals surface area contributed by atoms with Crippen LogP contribution in [0.3, 0.4) is 0 Å². The molecule has 0 bridgehead atoms. The SMILES string of the molecule is CCCCCCCCCCCCCCCC(=O)OC1[C@H](O)C(OCc2ccccc2)C(OCc2ccccc2)[C@H](OCc2ccccc2)[C@H]1O[C@@H]1OC(COCc2ccccc2)[C@H](OCc2ccccc2)[C@H](OCc2ccccc2)C1N=[N+]=[N-]. The summed E-state index contributed by atoms with van der Waals surface area (Å²) in [5.41, 5.74) is 15.9. The standard InChI is InChI=1S/C70H87N3O11/c1-2-3-4-5-6-7-8-9-10-11-12-13-32-45-60(74)83-66-62(75)65(79-49-56-39-26-17-27-40-56)67(80-50-57-41-28-18-29-42-57)68(81-51-58-43-30-19-31-44-58)69(66)84-70-61(72-73-71)64(78-48-55-37-24-16-25-38-55)63(77-47-54-35-22-15-23-36-54)59(82-70)52-76-46-53-33-20-14-21-34-53/h14-31,33-44,59,61-70,75H,2-13,32,45-52H2,1H3/t59?,61?,62-,63+,64-,65?,66?,67?,68+,69+,70+/m1/s1. The van der Waals surface area contributed by atoms with Crippen LogP contribution in [0.2, 0.25) is 0 Å². The predicted molar refractivity (Wildman–Crippen MR) is 324 cm³/mol. The highest BCUT2D eigenvalue weighted by Gasteiger charge is 2.58. The molecular weight excluding hydrogens is 1060 g/mol. The van der Waals surface area contributed by atoms with Crippen molar-refractivity contribution in [2.45, 2.75) is 204 Å². The van der Waals surface area contributed by atoms with E-state index in [4.69, 9.17) is 42.6 Å². The van der Waals surface area contributed by atoms with Gasteiger partial charge < -0.3 is 47.7 Å². The Balaban J connectivity index is 1.13. The van der Waals surface area contributed by atoms with Crippen LogP contribution in [0.4, 0.5) is 0 Å². The molecule has 14 nitrogen and oxygen atoms in total. The first kappa shape index (κ1) is 63.8. The number of nitrogens with zero attached hydrogens (tertiary/aromatic N) is 3. The smallest absolute Gasteiger partial charge is 0.306 e. The van der Waals surface area contributed by atoms with E-state index in [0.717, 1.165) is 52.6 Å². The number of rotatable bonds is 37. The van der Waals surface area contributed by atoms with Crippen LogP contribution in [-0.2, 0) is 87.1 Å². The maximum Gasteiger partial charge on any atom is 0.306 e. The molecule has 0 aromatic heterocycles. The highest BCUT2D eigenvalue weighted by molar-refractivity contribution is 5.69. The number of esters is 1. The first-order chi connectivity index (χ1) is 41.5. The molecule has 1 aliphatic carbocycles. The Morgan fingerprint density at radius 3 is 1.23 bits per heavy atom. The van der Waals surface area contributed by atoms with E-state index in [0.29, 0.717) is 6.42 Å². The average molecular weight is 1150 g/mol. The summed E-state index contributed by atoms with van der Waals surface area (Å²) in [4.78, 5) is 17.8. The minimum atomic E-state index is -1.52. The van der Waals surface area contributed by atoms with Gasteiger partial charge in [0.25, 0.3) is 0 Å². The Bertz CT molecular complexity index is 2750. The van der Waals surface area contributed by atoms with Gasteiger partial charge in [0.05, 0.1) is 46.2 Å². The van der Waals surface area contributed by atoms with Crippen LogP contribution in [-0.4, -0.2) is 85.0 Å². The molecule has 2 aliphatic rings. The lowest BCUT2D eigenvalue weighted by atomic mass is 9.83. The van der Waals surface area contributed by atoms with Gasteiger partial charge in [-0.25, -0.2) is 0 Å². The lowest BCUT2D eigenvalue weighted by Crippen LogP contribution is -2.69. The summed E-state index contributed by atoms with van der Waals surface area (Å²) in [6, 6.07) is 57.2. The van der Waals surface area contributed by atoms with E-state index >= 15 is 0 Å². The number of carbonyl (C=O) groups excluding carboxylic acids is 1. The van der Waals surface area contributed by atoms with Gasteiger partial charge in [-0.15, -0.1) is 0 Å². The van der Waals surface area contributed by atoms with E-state index in [1.165, 1.54) is 57.8 Å². The second-order valence-electron chi connectivity index (χ2n) is 22.1. The lowest BCUT2D eigenvalue weighted by Gasteiger charge is -2.51. The Labute approximate surface area is 497 Å². The molecule has 0 amide bonds. The zero-order chi connectivity index (χ0) is 58.2. The summed E-state index contributed by atoms with van der Waals surface area (Å²) in [5, 5.41) is 17.4. The summed E-state index contributed by atoms with van der Waals surface area (Å²) in [6.45, 7) is 3.12. The van der Waals surface area contributed by atoms with Crippen molar-refractivity contribution in [3.05, 3.63) is 226 Å². The van der Waals surface area contributed by atoms with E-state index in [2.05, 4.69) is 16.9 Å². The summed E-state index contributed by atoms with van der Waals surface area (Å²) in [6.07, 6.45) is 3.54. The molecule has 448 valence electrons. The first-order valence-corrected chi connectivity index (χ1v) is 30.6. The van der Waals surface area contributed by atoms with Crippen LogP contribution in [0.15, 0.2) is 187 Å². The second kappa shape index (κ2) is 36.6. The van der Waals surface area contributed by atoms with Crippen molar-refractivity contribution in [2.75, 3.05) is 6.61 Å². The van der Waals surface area contributed by atoms with Crippen molar-refractivity contribution in [1.29, 1.82) is 0 Å². The molecule has 1 saturated carbocycles. The maximum absolute atomic E-state index is 14.5. The van der Waals surface area contributed by atoms with Gasteiger partial charge in [-0.1, -0.05) is 271 Å². The van der Waals surface area contributed by atoms with Crippen LogP contribution < -0.4 is 0 Å². The summed E-state index contributed by atoms with van der Waals surface area (Å²) >= 11 is 0. The molecular formula is C70H87N3O11. The van der Waals surface area contributed by atoms with Gasteiger partial charge in [0, 0.05) is 11.3 Å². The number of ether oxygens (including phenoxy) is 9. The Kier molecular flexibility index (Phi) is 27.7. The molecule has 1 saturated heterocycles. The molecule has 5 unspecified atom stereocenters. The summed E-state index contributed by atoms with van der Waals surface area (Å²) in [5.74, 6) is -0.509. The van der Waals surface area contributed by atoms with Crippen LogP contribution >= 0.6 is 0 Å². The third-order valence-corrected chi connectivity index (χ3v) is 15.6. The maximum atomic E-state index is 14.5. The number of aliphatic hydroxyl groups excluding tert-OH is 1. The van der Waals surface area contributed by atoms with Crippen molar-refractivity contribution in [3.63, 3.8) is 0 Å². The zero-order valence-corrected chi connectivity index (χ0v) is 48.9. The van der Waals surface area contributed by atoms with E-state index in [-0.39, 0.29) is 52.7 Å². The zero-order valence-electron chi connectivity index (χ0n) is 48.9. The first-order valence-electron chi connectivity index (χ1n) is 30.6. The topological polar surface area (TPSA) is 169 Å². The van der Waals surface area contributed by atoms with Gasteiger partial charge in [0.15, 0.2) is 12.4 Å². The molecule has 11 atom stereocenters. The average Bonchev–Trinajstić information content (AvgIpc) is 3.70. The number of aliphatic hydroxyl groups is 1. The van der Waals surface area contributed by atoms with Crippen molar-refractivity contribution >= 4 is 5.97 Å². The third-order valence-electron chi connectivity index (χ3n) is 15.6. The monoisotopic (exact) mass is 1150 g/mol. The molecule has 6 aromatic carbocycles. The third kappa shape index (κ3) is 20.8. The molecule has 1 aliphatic heterocycles.